The third-order valence-corrected chi connectivity index (χ3v) is 3.35. The summed E-state index contributed by atoms with van der Waals surface area (Å²) in [6.07, 6.45) is -4.18. The highest BCUT2D eigenvalue weighted by Gasteiger charge is 2.35. The smallest absolute Gasteiger partial charge is 0.314 e. The second kappa shape index (κ2) is 6.79. The van der Waals surface area contributed by atoms with Crippen LogP contribution in [-0.2, 0) is 0 Å². The summed E-state index contributed by atoms with van der Waals surface area (Å²) in [6.45, 7) is 0.525. The van der Waals surface area contributed by atoms with Crippen LogP contribution >= 0.6 is 24.0 Å². The maximum absolute atomic E-state index is 12.5. The first-order chi connectivity index (χ1) is 8.47. The molecule has 0 aliphatic carbocycles. The lowest BCUT2D eigenvalue weighted by Gasteiger charge is -2.37. The first kappa shape index (κ1) is 16.6. The fraction of sp³-hybridized carbons (Fsp3) is 0.500. The van der Waals surface area contributed by atoms with Crippen LogP contribution in [0.15, 0.2) is 24.3 Å². The summed E-state index contributed by atoms with van der Waals surface area (Å²) in [6, 6.07) is 6.73. The highest BCUT2D eigenvalue weighted by atomic mass is 35.5. The van der Waals surface area contributed by atoms with Gasteiger partial charge in [0.25, 0.3) is 0 Å². The number of hydrogen-bond donors (Lipinski definition) is 1. The minimum absolute atomic E-state index is 0. The summed E-state index contributed by atoms with van der Waals surface area (Å²) < 4.78 is 37.6. The number of rotatable bonds is 2. The lowest BCUT2D eigenvalue weighted by atomic mass is 10.0. The van der Waals surface area contributed by atoms with Gasteiger partial charge >= 0.3 is 6.18 Å². The van der Waals surface area contributed by atoms with E-state index in [-0.39, 0.29) is 18.4 Å². The molecule has 1 fully saturated rings. The second-order valence-corrected chi connectivity index (χ2v) is 4.73. The number of piperazine rings is 1. The van der Waals surface area contributed by atoms with Crippen LogP contribution in [0.1, 0.15) is 11.6 Å². The third-order valence-electron chi connectivity index (χ3n) is 3.00. The molecule has 0 bridgehead atoms. The molecule has 7 heteroatoms. The molecule has 0 spiro atoms. The number of nitrogens with one attached hydrogen (secondary N) is 1. The molecule has 1 heterocycles. The summed E-state index contributed by atoms with van der Waals surface area (Å²) in [4.78, 5) is 1.43. The van der Waals surface area contributed by atoms with E-state index in [0.29, 0.717) is 24.7 Å². The zero-order valence-electron chi connectivity index (χ0n) is 10.1. The van der Waals surface area contributed by atoms with E-state index in [1.54, 1.807) is 24.3 Å². The molecule has 2 rings (SSSR count). The van der Waals surface area contributed by atoms with Gasteiger partial charge in [0.2, 0.25) is 0 Å². The maximum Gasteiger partial charge on any atom is 0.401 e. The van der Waals surface area contributed by atoms with Crippen LogP contribution in [0.25, 0.3) is 0 Å². The molecular weight excluding hydrogens is 300 g/mol. The predicted octanol–water partition coefficient (Wildman–Crippen LogP) is 3.27. The van der Waals surface area contributed by atoms with Crippen LogP contribution in [0.5, 0.6) is 0 Å². The highest BCUT2D eigenvalue weighted by molar-refractivity contribution is 6.31. The van der Waals surface area contributed by atoms with Gasteiger partial charge in [-0.3, -0.25) is 4.90 Å². The van der Waals surface area contributed by atoms with Gasteiger partial charge in [0.15, 0.2) is 0 Å². The molecular formula is C12H15Cl2F3N2. The van der Waals surface area contributed by atoms with E-state index in [1.165, 1.54) is 4.90 Å². The lowest BCUT2D eigenvalue weighted by Crippen LogP contribution is -2.49. The average molecular weight is 315 g/mol. The van der Waals surface area contributed by atoms with E-state index in [1.807, 2.05) is 0 Å². The van der Waals surface area contributed by atoms with Crippen LogP contribution < -0.4 is 5.32 Å². The standard InChI is InChI=1S/C12H14ClF3N2.ClH/c13-10-4-2-1-3-9(10)11-7-17-5-6-18(11)8-12(14,15)16;/h1-4,11,17H,5-8H2;1H. The van der Waals surface area contributed by atoms with Crippen molar-refractivity contribution >= 4 is 24.0 Å². The van der Waals surface area contributed by atoms with Gasteiger partial charge in [0.1, 0.15) is 0 Å². The summed E-state index contributed by atoms with van der Waals surface area (Å²) in [7, 11) is 0. The largest absolute Gasteiger partial charge is 0.401 e. The lowest BCUT2D eigenvalue weighted by molar-refractivity contribution is -0.152. The summed E-state index contributed by atoms with van der Waals surface area (Å²) in [5.74, 6) is 0. The Morgan fingerprint density at radius 3 is 2.63 bits per heavy atom. The van der Waals surface area contributed by atoms with Gasteiger partial charge in [-0.1, -0.05) is 29.8 Å². The molecule has 1 atom stereocenters. The van der Waals surface area contributed by atoms with Crippen LogP contribution in [-0.4, -0.2) is 37.3 Å². The molecule has 1 N–H and O–H groups in total. The fourth-order valence-corrected chi connectivity index (χ4v) is 2.48. The van der Waals surface area contributed by atoms with Crippen LogP contribution in [0.2, 0.25) is 5.02 Å². The highest BCUT2D eigenvalue weighted by Crippen LogP contribution is 2.30. The minimum atomic E-state index is -4.18. The van der Waals surface area contributed by atoms with Crippen LogP contribution in [0, 0.1) is 0 Å². The average Bonchev–Trinajstić information content (AvgIpc) is 2.29. The number of benzene rings is 1. The Kier molecular flexibility index (Phi) is 5.92. The van der Waals surface area contributed by atoms with Gasteiger partial charge in [0.05, 0.1) is 6.54 Å². The first-order valence-corrected chi connectivity index (χ1v) is 6.11. The Morgan fingerprint density at radius 1 is 1.32 bits per heavy atom. The zero-order valence-corrected chi connectivity index (χ0v) is 11.7. The zero-order chi connectivity index (χ0) is 13.2. The number of hydrogen-bond acceptors (Lipinski definition) is 2. The van der Waals surface area contributed by atoms with Crippen molar-refractivity contribution in [1.29, 1.82) is 0 Å². The molecule has 0 saturated carbocycles. The first-order valence-electron chi connectivity index (χ1n) is 5.73. The molecule has 1 aliphatic heterocycles. The Hall–Kier alpha value is -0.490. The molecule has 2 nitrogen and oxygen atoms in total. The maximum atomic E-state index is 12.5. The van der Waals surface area contributed by atoms with E-state index in [4.69, 9.17) is 11.6 Å². The molecule has 0 aromatic heterocycles. The van der Waals surface area contributed by atoms with Crippen molar-refractivity contribution < 1.29 is 13.2 Å². The van der Waals surface area contributed by atoms with E-state index < -0.39 is 12.7 Å². The third kappa shape index (κ3) is 4.53. The Bertz CT molecular complexity index is 412. The molecule has 1 unspecified atom stereocenters. The molecule has 1 aromatic carbocycles. The van der Waals surface area contributed by atoms with E-state index in [2.05, 4.69) is 5.32 Å². The molecule has 1 saturated heterocycles. The monoisotopic (exact) mass is 314 g/mol. The van der Waals surface area contributed by atoms with E-state index in [0.717, 1.165) is 5.56 Å². The van der Waals surface area contributed by atoms with Crippen molar-refractivity contribution in [2.24, 2.45) is 0 Å². The van der Waals surface area contributed by atoms with Gasteiger partial charge in [-0.25, -0.2) is 0 Å². The normalized spacial score (nSPS) is 20.9. The van der Waals surface area contributed by atoms with E-state index >= 15 is 0 Å². The van der Waals surface area contributed by atoms with Gasteiger partial charge in [-0.15, -0.1) is 12.4 Å². The van der Waals surface area contributed by atoms with Crippen LogP contribution in [0.3, 0.4) is 0 Å². The molecule has 108 valence electrons. The molecule has 0 amide bonds. The van der Waals surface area contributed by atoms with Gasteiger partial charge in [-0.05, 0) is 11.6 Å². The SMILES string of the molecule is Cl.FC(F)(F)CN1CCNCC1c1ccccc1Cl. The molecule has 1 aliphatic rings. The summed E-state index contributed by atoms with van der Waals surface area (Å²) in [5.41, 5.74) is 0.746. The van der Waals surface area contributed by atoms with Crippen LogP contribution in [0.4, 0.5) is 13.2 Å². The van der Waals surface area contributed by atoms with Crippen molar-refractivity contribution in [2.75, 3.05) is 26.2 Å². The molecule has 19 heavy (non-hydrogen) atoms. The summed E-state index contributed by atoms with van der Waals surface area (Å²) >= 11 is 6.06. The van der Waals surface area contributed by atoms with Gasteiger partial charge in [0, 0.05) is 30.7 Å². The molecule has 1 aromatic rings. The number of alkyl halides is 3. The van der Waals surface area contributed by atoms with Gasteiger partial charge in [-0.2, -0.15) is 13.2 Å². The topological polar surface area (TPSA) is 15.3 Å². The summed E-state index contributed by atoms with van der Waals surface area (Å²) in [5, 5.41) is 3.62. The molecule has 0 radical (unpaired) electrons. The number of nitrogens with zero attached hydrogens (tertiary/aromatic N) is 1. The van der Waals surface area contributed by atoms with Crippen molar-refractivity contribution in [3.8, 4) is 0 Å². The van der Waals surface area contributed by atoms with Gasteiger partial charge < -0.3 is 5.32 Å². The Labute approximate surface area is 121 Å². The quantitative estimate of drug-likeness (QED) is 0.901. The van der Waals surface area contributed by atoms with Crippen molar-refractivity contribution in [3.05, 3.63) is 34.9 Å². The number of halogens is 5. The minimum Gasteiger partial charge on any atom is -0.314 e. The Morgan fingerprint density at radius 2 is 2.00 bits per heavy atom. The second-order valence-electron chi connectivity index (χ2n) is 4.33. The van der Waals surface area contributed by atoms with Crippen molar-refractivity contribution in [3.63, 3.8) is 0 Å². The van der Waals surface area contributed by atoms with Crippen molar-refractivity contribution in [1.82, 2.24) is 10.2 Å². The predicted molar refractivity (Wildman–Crippen MR) is 71.9 cm³/mol. The van der Waals surface area contributed by atoms with E-state index in [9.17, 15) is 13.2 Å². The van der Waals surface area contributed by atoms with Crippen molar-refractivity contribution in [2.45, 2.75) is 12.2 Å². The Balaban J connectivity index is 0.00000180. The fourth-order valence-electron chi connectivity index (χ4n) is 2.22.